The number of hydrazone groups is 1. The van der Waals surface area contributed by atoms with E-state index in [-0.39, 0.29) is 21.5 Å². The number of amides is 1. The number of hydrogen-bond acceptors (Lipinski definition) is 6. The molecule has 0 spiro atoms. The van der Waals surface area contributed by atoms with Gasteiger partial charge in [-0.15, -0.1) is 0 Å². The zero-order valence-electron chi connectivity index (χ0n) is 15.7. The number of aromatic hydroxyl groups is 1. The van der Waals surface area contributed by atoms with Gasteiger partial charge in [0.05, 0.1) is 22.7 Å². The van der Waals surface area contributed by atoms with E-state index in [0.717, 1.165) is 29.2 Å². The Bertz CT molecular complexity index is 1130. The lowest BCUT2D eigenvalue weighted by molar-refractivity contribution is -0.385. The van der Waals surface area contributed by atoms with E-state index >= 15 is 0 Å². The number of rotatable bonds is 6. The fraction of sp³-hybridized carbons (Fsp3) is 0.0476. The van der Waals surface area contributed by atoms with Crippen LogP contribution in [-0.4, -0.2) is 29.3 Å². The van der Waals surface area contributed by atoms with Crippen molar-refractivity contribution in [2.45, 2.75) is 0 Å². The number of ether oxygens (including phenoxy) is 1. The number of carbonyl (C=O) groups is 1. The van der Waals surface area contributed by atoms with Gasteiger partial charge in [0.2, 0.25) is 0 Å². The second-order valence-corrected chi connectivity index (χ2v) is 6.99. The third-order valence-corrected chi connectivity index (χ3v) is 4.81. The number of nitrogens with one attached hydrogen (secondary N) is 1. The summed E-state index contributed by atoms with van der Waals surface area (Å²) in [5, 5.41) is 24.8. The van der Waals surface area contributed by atoms with Crippen LogP contribution in [0.1, 0.15) is 15.9 Å². The third-order valence-electron chi connectivity index (χ3n) is 4.21. The molecule has 9 heteroatoms. The van der Waals surface area contributed by atoms with Crippen molar-refractivity contribution < 1.29 is 19.6 Å². The highest BCUT2D eigenvalue weighted by molar-refractivity contribution is 9.10. The number of halogens is 1. The molecule has 0 unspecified atom stereocenters. The Morgan fingerprint density at radius 3 is 2.57 bits per heavy atom. The summed E-state index contributed by atoms with van der Waals surface area (Å²) in [5.74, 6) is 0.0451. The highest BCUT2D eigenvalue weighted by Gasteiger charge is 2.14. The number of nitro groups is 1. The quantitative estimate of drug-likeness (QED) is 0.313. The predicted octanol–water partition coefficient (Wildman–Crippen LogP) is 4.50. The zero-order valence-corrected chi connectivity index (χ0v) is 17.3. The minimum Gasteiger partial charge on any atom is -0.506 e. The number of methoxy groups -OCH3 is 1. The number of non-ortho nitro benzene ring substituents is 1. The molecule has 0 bridgehead atoms. The van der Waals surface area contributed by atoms with Crippen molar-refractivity contribution in [3.63, 3.8) is 0 Å². The number of carbonyl (C=O) groups excluding carboxylic acids is 1. The van der Waals surface area contributed by atoms with Crippen LogP contribution in [0.15, 0.2) is 70.2 Å². The first-order valence-corrected chi connectivity index (χ1v) is 9.43. The van der Waals surface area contributed by atoms with E-state index in [4.69, 9.17) is 4.74 Å². The molecular formula is C21H16BrN3O5. The lowest BCUT2D eigenvalue weighted by Crippen LogP contribution is -2.17. The number of hydrogen-bond donors (Lipinski definition) is 2. The molecule has 2 N–H and O–H groups in total. The maximum Gasteiger partial charge on any atom is 0.271 e. The Labute approximate surface area is 180 Å². The number of phenols is 1. The van der Waals surface area contributed by atoms with Gasteiger partial charge in [-0.2, -0.15) is 5.10 Å². The number of phenolic OH excluding ortho intramolecular Hbond substituents is 1. The van der Waals surface area contributed by atoms with Crippen LogP contribution in [0.25, 0.3) is 11.1 Å². The van der Waals surface area contributed by atoms with Crippen molar-refractivity contribution >= 4 is 33.7 Å². The minimum absolute atomic E-state index is 0.0864. The molecule has 0 aliphatic rings. The molecule has 0 aromatic heterocycles. The van der Waals surface area contributed by atoms with E-state index in [1.54, 1.807) is 25.3 Å². The Hall–Kier alpha value is -3.72. The van der Waals surface area contributed by atoms with Gasteiger partial charge in [0.1, 0.15) is 11.5 Å². The van der Waals surface area contributed by atoms with Crippen LogP contribution in [0.5, 0.6) is 11.5 Å². The van der Waals surface area contributed by atoms with Gasteiger partial charge in [-0.25, -0.2) is 5.43 Å². The second-order valence-electron chi connectivity index (χ2n) is 6.13. The van der Waals surface area contributed by atoms with Crippen molar-refractivity contribution in [3.8, 4) is 22.6 Å². The molecule has 0 atom stereocenters. The van der Waals surface area contributed by atoms with Crippen LogP contribution < -0.4 is 10.2 Å². The smallest absolute Gasteiger partial charge is 0.271 e. The summed E-state index contributed by atoms with van der Waals surface area (Å²) in [5.41, 5.74) is 4.36. The van der Waals surface area contributed by atoms with Gasteiger partial charge in [0, 0.05) is 23.3 Å². The fourth-order valence-corrected chi connectivity index (χ4v) is 3.12. The van der Waals surface area contributed by atoms with E-state index in [9.17, 15) is 20.0 Å². The van der Waals surface area contributed by atoms with Gasteiger partial charge in [0.25, 0.3) is 11.6 Å². The fourth-order valence-electron chi connectivity index (χ4n) is 2.66. The molecule has 152 valence electrons. The molecule has 0 saturated carbocycles. The first-order chi connectivity index (χ1) is 14.4. The van der Waals surface area contributed by atoms with Gasteiger partial charge >= 0.3 is 0 Å². The normalized spacial score (nSPS) is 10.7. The Morgan fingerprint density at radius 2 is 1.90 bits per heavy atom. The van der Waals surface area contributed by atoms with Crippen molar-refractivity contribution in [1.29, 1.82) is 0 Å². The third kappa shape index (κ3) is 4.81. The molecule has 0 aliphatic carbocycles. The number of nitro benzene ring substituents is 1. The maximum atomic E-state index is 12.4. The molecular weight excluding hydrogens is 454 g/mol. The molecule has 0 radical (unpaired) electrons. The minimum atomic E-state index is -0.592. The highest BCUT2D eigenvalue weighted by Crippen LogP contribution is 2.31. The first-order valence-electron chi connectivity index (χ1n) is 8.64. The summed E-state index contributed by atoms with van der Waals surface area (Å²) in [7, 11) is 1.59. The molecule has 0 fully saturated rings. The molecule has 1 amide bonds. The van der Waals surface area contributed by atoms with E-state index < -0.39 is 10.8 Å². The summed E-state index contributed by atoms with van der Waals surface area (Å²) >= 11 is 3.05. The highest BCUT2D eigenvalue weighted by atomic mass is 79.9. The lowest BCUT2D eigenvalue weighted by Gasteiger charge is -2.06. The topological polar surface area (TPSA) is 114 Å². The summed E-state index contributed by atoms with van der Waals surface area (Å²) in [6.07, 6.45) is 1.14. The number of benzene rings is 3. The van der Waals surface area contributed by atoms with Gasteiger partial charge in [-0.05, 0) is 51.3 Å². The standard InChI is InChI=1S/C21H16BrN3O5/c1-30-18-7-5-13(6-8-18)14-3-2-4-15(9-14)21(27)24-23-12-16-10-17(25(28)29)11-19(22)20(16)26/h2-12,26H,1H3,(H,24,27). The zero-order chi connectivity index (χ0) is 21.7. The molecule has 3 rings (SSSR count). The molecule has 0 heterocycles. The molecule has 3 aromatic rings. The largest absolute Gasteiger partial charge is 0.506 e. The lowest BCUT2D eigenvalue weighted by atomic mass is 10.0. The molecule has 0 saturated heterocycles. The van der Waals surface area contributed by atoms with E-state index in [1.807, 2.05) is 30.3 Å². The van der Waals surface area contributed by atoms with Crippen LogP contribution in [-0.2, 0) is 0 Å². The summed E-state index contributed by atoms with van der Waals surface area (Å²) < 4.78 is 5.30. The van der Waals surface area contributed by atoms with E-state index in [0.29, 0.717) is 5.56 Å². The van der Waals surface area contributed by atoms with E-state index in [2.05, 4.69) is 26.5 Å². The average molecular weight is 470 g/mol. The molecule has 3 aromatic carbocycles. The summed E-state index contributed by atoms with van der Waals surface area (Å²) in [6, 6.07) is 16.7. The Morgan fingerprint density at radius 1 is 1.17 bits per heavy atom. The van der Waals surface area contributed by atoms with Crippen LogP contribution in [0.2, 0.25) is 0 Å². The van der Waals surface area contributed by atoms with Crippen LogP contribution in [0.3, 0.4) is 0 Å². The van der Waals surface area contributed by atoms with Crippen LogP contribution in [0, 0.1) is 10.1 Å². The monoisotopic (exact) mass is 469 g/mol. The van der Waals surface area contributed by atoms with Crippen molar-refractivity contribution in [2.24, 2.45) is 5.10 Å². The van der Waals surface area contributed by atoms with Gasteiger partial charge in [0.15, 0.2) is 0 Å². The summed E-state index contributed by atoms with van der Waals surface area (Å²) in [4.78, 5) is 22.8. The second kappa shape index (κ2) is 9.19. The average Bonchev–Trinajstić information content (AvgIpc) is 2.76. The SMILES string of the molecule is COc1ccc(-c2cccc(C(=O)NN=Cc3cc([N+](=O)[O-])cc(Br)c3O)c2)cc1. The summed E-state index contributed by atoms with van der Waals surface area (Å²) in [6.45, 7) is 0. The molecule has 0 aliphatic heterocycles. The van der Waals surface area contributed by atoms with Crippen molar-refractivity contribution in [2.75, 3.05) is 7.11 Å². The van der Waals surface area contributed by atoms with Crippen molar-refractivity contribution in [3.05, 3.63) is 86.4 Å². The first kappa shape index (κ1) is 21.0. The van der Waals surface area contributed by atoms with Gasteiger partial charge in [-0.3, -0.25) is 14.9 Å². The van der Waals surface area contributed by atoms with Crippen LogP contribution in [0.4, 0.5) is 5.69 Å². The van der Waals surface area contributed by atoms with Crippen molar-refractivity contribution in [1.82, 2.24) is 5.43 Å². The maximum absolute atomic E-state index is 12.4. The van der Waals surface area contributed by atoms with E-state index in [1.165, 1.54) is 6.07 Å². The van der Waals surface area contributed by atoms with Crippen LogP contribution >= 0.6 is 15.9 Å². The Balaban J connectivity index is 1.76. The molecule has 30 heavy (non-hydrogen) atoms. The predicted molar refractivity (Wildman–Crippen MR) is 116 cm³/mol. The van der Waals surface area contributed by atoms with Gasteiger partial charge in [-0.1, -0.05) is 24.3 Å². The number of nitrogens with zero attached hydrogens (tertiary/aromatic N) is 2. The van der Waals surface area contributed by atoms with Gasteiger partial charge < -0.3 is 9.84 Å². The Kier molecular flexibility index (Phi) is 6.43. The molecule has 8 nitrogen and oxygen atoms in total.